The van der Waals surface area contributed by atoms with Crippen LogP contribution in [0.25, 0.3) is 5.57 Å². The van der Waals surface area contributed by atoms with Gasteiger partial charge in [-0.3, -0.25) is 4.79 Å². The first-order valence-corrected chi connectivity index (χ1v) is 7.78. The lowest BCUT2D eigenvalue weighted by molar-refractivity contribution is -0.105. The van der Waals surface area contributed by atoms with Gasteiger partial charge in [-0.1, -0.05) is 24.3 Å². The lowest BCUT2D eigenvalue weighted by Gasteiger charge is -2.32. The van der Waals surface area contributed by atoms with E-state index in [1.165, 1.54) is 0 Å². The Morgan fingerprint density at radius 1 is 1.48 bits per heavy atom. The molecule has 5 heteroatoms. The zero-order chi connectivity index (χ0) is 15.6. The molecule has 0 saturated heterocycles. The molecular weight excluding hydrogens is 359 g/mol. The van der Waals surface area contributed by atoms with Gasteiger partial charge >= 0.3 is 0 Å². The highest BCUT2D eigenvalue weighted by molar-refractivity contribution is 9.10. The van der Waals surface area contributed by atoms with E-state index in [-0.39, 0.29) is 11.3 Å². The number of hydrogen-bond donors (Lipinski definition) is 0. The van der Waals surface area contributed by atoms with E-state index in [2.05, 4.69) is 15.9 Å². The van der Waals surface area contributed by atoms with E-state index in [0.29, 0.717) is 18.5 Å². The number of rotatable bonds is 4. The number of halogens is 3. The second-order valence-electron chi connectivity index (χ2n) is 4.73. The molecule has 1 aromatic rings. The summed E-state index contributed by atoms with van der Waals surface area (Å²) in [4.78, 5) is 11.2. The molecule has 2 unspecified atom stereocenters. The number of allylic oxidation sites excluding steroid dienone is 3. The summed E-state index contributed by atoms with van der Waals surface area (Å²) in [5.74, 6) is 0.210. The zero-order valence-corrected chi connectivity index (χ0v) is 14.0. The van der Waals surface area contributed by atoms with Crippen molar-refractivity contribution in [3.05, 3.63) is 52.8 Å². The van der Waals surface area contributed by atoms with Crippen LogP contribution in [0.5, 0.6) is 0 Å². The van der Waals surface area contributed by atoms with Crippen molar-refractivity contribution in [2.45, 2.75) is 23.8 Å². The quantitative estimate of drug-likeness (QED) is 0.572. The topological polar surface area (TPSA) is 26.3 Å². The maximum Gasteiger partial charge on any atom is 0.217 e. The summed E-state index contributed by atoms with van der Waals surface area (Å²) >= 11 is 9.23. The molecule has 0 aliphatic heterocycles. The van der Waals surface area contributed by atoms with E-state index >= 15 is 0 Å². The number of hydrogen-bond acceptors (Lipinski definition) is 2. The summed E-state index contributed by atoms with van der Waals surface area (Å²) in [6, 6.07) is 7.56. The first-order chi connectivity index (χ1) is 9.93. The van der Waals surface area contributed by atoms with E-state index in [0.717, 1.165) is 11.1 Å². The molecular formula is C16H15BrClFO2. The molecule has 2 atom stereocenters. The molecule has 112 valence electrons. The third-order valence-corrected chi connectivity index (χ3v) is 5.06. The van der Waals surface area contributed by atoms with Gasteiger partial charge in [0, 0.05) is 0 Å². The van der Waals surface area contributed by atoms with E-state index in [4.69, 9.17) is 16.3 Å². The Balaban J connectivity index is 2.64. The molecule has 2 nitrogen and oxygen atoms in total. The fourth-order valence-corrected chi connectivity index (χ4v) is 3.14. The third kappa shape index (κ3) is 2.92. The first kappa shape index (κ1) is 16.2. The Morgan fingerprint density at radius 2 is 2.14 bits per heavy atom. The van der Waals surface area contributed by atoms with Gasteiger partial charge in [0.15, 0.2) is 6.29 Å². The summed E-state index contributed by atoms with van der Waals surface area (Å²) in [7, 11) is 0. The smallest absolute Gasteiger partial charge is 0.217 e. The lowest BCUT2D eigenvalue weighted by Crippen LogP contribution is -2.35. The normalized spacial score (nSPS) is 25.6. The predicted molar refractivity (Wildman–Crippen MR) is 86.3 cm³/mol. The molecule has 0 N–H and O–H groups in total. The predicted octanol–water partition coefficient (Wildman–Crippen LogP) is 4.55. The van der Waals surface area contributed by atoms with Crippen molar-refractivity contribution in [1.29, 1.82) is 0 Å². The molecule has 0 radical (unpaired) electrons. The SMILES string of the molecule is CCOC1=C(C=O)C(F)(Br)C(Cl)C(c2ccccc2C)=C1. The van der Waals surface area contributed by atoms with Crippen molar-refractivity contribution in [2.24, 2.45) is 0 Å². The van der Waals surface area contributed by atoms with Gasteiger partial charge in [0.2, 0.25) is 4.58 Å². The minimum atomic E-state index is -2.16. The standard InChI is InChI=1S/C16H15BrClFO2/c1-3-21-14-8-12(11-7-5-4-6-10(11)2)15(18)16(17,19)13(14)9-20/h4-9,15H,3H2,1-2H3. The van der Waals surface area contributed by atoms with Crippen LogP contribution in [0.1, 0.15) is 18.1 Å². The van der Waals surface area contributed by atoms with Crippen molar-refractivity contribution in [1.82, 2.24) is 0 Å². The van der Waals surface area contributed by atoms with E-state index in [1.54, 1.807) is 13.0 Å². The molecule has 0 spiro atoms. The highest BCUT2D eigenvalue weighted by atomic mass is 79.9. The van der Waals surface area contributed by atoms with Crippen LogP contribution < -0.4 is 0 Å². The van der Waals surface area contributed by atoms with Crippen LogP contribution >= 0.6 is 27.5 Å². The molecule has 0 heterocycles. The van der Waals surface area contributed by atoms with Gasteiger partial charge in [0.05, 0.1) is 12.2 Å². The number of aryl methyl sites for hydroxylation is 1. The summed E-state index contributed by atoms with van der Waals surface area (Å²) in [6.07, 6.45) is 2.09. The second kappa shape index (κ2) is 6.32. The third-order valence-electron chi connectivity index (χ3n) is 3.38. The Kier molecular flexibility index (Phi) is 4.89. The van der Waals surface area contributed by atoms with Crippen molar-refractivity contribution < 1.29 is 13.9 Å². The fourth-order valence-electron chi connectivity index (χ4n) is 2.31. The largest absolute Gasteiger partial charge is 0.493 e. The minimum absolute atomic E-state index is 0.123. The molecule has 1 aliphatic rings. The highest BCUT2D eigenvalue weighted by Crippen LogP contribution is 2.47. The van der Waals surface area contributed by atoms with Crippen LogP contribution in [0.2, 0.25) is 0 Å². The van der Waals surface area contributed by atoms with Crippen molar-refractivity contribution in [2.75, 3.05) is 6.61 Å². The van der Waals surface area contributed by atoms with E-state index < -0.39 is 9.96 Å². The van der Waals surface area contributed by atoms with Gasteiger partial charge in [-0.05, 0) is 52.6 Å². The first-order valence-electron chi connectivity index (χ1n) is 6.55. The van der Waals surface area contributed by atoms with Crippen LogP contribution in [-0.4, -0.2) is 22.8 Å². The summed E-state index contributed by atoms with van der Waals surface area (Å²) < 4.78 is 18.2. The molecule has 0 bridgehead atoms. The van der Waals surface area contributed by atoms with Crippen molar-refractivity contribution in [3.8, 4) is 0 Å². The summed E-state index contributed by atoms with van der Waals surface area (Å²) in [5.41, 5.74) is 2.27. The van der Waals surface area contributed by atoms with Gasteiger partial charge in [-0.2, -0.15) is 0 Å². The van der Waals surface area contributed by atoms with Crippen LogP contribution in [0.15, 0.2) is 41.7 Å². The van der Waals surface area contributed by atoms with Crippen LogP contribution in [0, 0.1) is 6.92 Å². The van der Waals surface area contributed by atoms with Crippen LogP contribution in [-0.2, 0) is 9.53 Å². The molecule has 0 amide bonds. The van der Waals surface area contributed by atoms with E-state index in [1.807, 2.05) is 31.2 Å². The minimum Gasteiger partial charge on any atom is -0.493 e. The summed E-state index contributed by atoms with van der Waals surface area (Å²) in [5, 5.41) is -1.02. The molecule has 0 fully saturated rings. The Labute approximate surface area is 136 Å². The Hall–Kier alpha value is -1.13. The van der Waals surface area contributed by atoms with Crippen molar-refractivity contribution >= 4 is 39.4 Å². The van der Waals surface area contributed by atoms with Gasteiger partial charge in [-0.15, -0.1) is 11.6 Å². The maximum atomic E-state index is 14.9. The average molecular weight is 374 g/mol. The van der Waals surface area contributed by atoms with Crippen LogP contribution in [0.3, 0.4) is 0 Å². The maximum absolute atomic E-state index is 14.9. The molecule has 0 saturated carbocycles. The number of alkyl halides is 3. The molecule has 1 aromatic carbocycles. The lowest BCUT2D eigenvalue weighted by atomic mass is 9.88. The summed E-state index contributed by atoms with van der Waals surface area (Å²) in [6.45, 7) is 4.03. The molecule has 2 rings (SSSR count). The molecule has 0 aromatic heterocycles. The number of benzene rings is 1. The van der Waals surface area contributed by atoms with Crippen molar-refractivity contribution in [3.63, 3.8) is 0 Å². The zero-order valence-electron chi connectivity index (χ0n) is 11.7. The Bertz CT molecular complexity index is 622. The number of carbonyl (C=O) groups is 1. The van der Waals surface area contributed by atoms with Gasteiger partial charge < -0.3 is 4.74 Å². The van der Waals surface area contributed by atoms with E-state index in [9.17, 15) is 9.18 Å². The molecule has 1 aliphatic carbocycles. The number of ether oxygens (including phenoxy) is 1. The van der Waals surface area contributed by atoms with Gasteiger partial charge in [-0.25, -0.2) is 4.39 Å². The number of aldehydes is 1. The monoisotopic (exact) mass is 372 g/mol. The Morgan fingerprint density at radius 3 is 2.71 bits per heavy atom. The number of carbonyl (C=O) groups excluding carboxylic acids is 1. The van der Waals surface area contributed by atoms with Gasteiger partial charge in [0.1, 0.15) is 11.1 Å². The van der Waals surface area contributed by atoms with Gasteiger partial charge in [0.25, 0.3) is 0 Å². The second-order valence-corrected chi connectivity index (χ2v) is 6.32. The highest BCUT2D eigenvalue weighted by Gasteiger charge is 2.46. The fraction of sp³-hybridized carbons (Fsp3) is 0.312. The van der Waals surface area contributed by atoms with Crippen LogP contribution in [0.4, 0.5) is 4.39 Å². The average Bonchev–Trinajstić information content (AvgIpc) is 2.44. The molecule has 21 heavy (non-hydrogen) atoms.